The van der Waals surface area contributed by atoms with Gasteiger partial charge in [0, 0.05) is 31.7 Å². The van der Waals surface area contributed by atoms with Crippen LogP contribution in [0, 0.1) is 5.82 Å². The third-order valence-corrected chi connectivity index (χ3v) is 7.29. The van der Waals surface area contributed by atoms with E-state index in [4.69, 9.17) is 4.74 Å². The van der Waals surface area contributed by atoms with Crippen molar-refractivity contribution >= 4 is 27.3 Å². The van der Waals surface area contributed by atoms with Crippen LogP contribution >= 0.6 is 0 Å². The molecule has 9 heteroatoms. The van der Waals surface area contributed by atoms with Crippen LogP contribution in [0.5, 0.6) is 0 Å². The van der Waals surface area contributed by atoms with Crippen molar-refractivity contribution in [3.8, 4) is 0 Å². The van der Waals surface area contributed by atoms with E-state index in [9.17, 15) is 17.6 Å². The second-order valence-electron chi connectivity index (χ2n) is 7.33. The number of ether oxygens (including phenoxy) is 1. The minimum absolute atomic E-state index is 0.0888. The van der Waals surface area contributed by atoms with Crippen molar-refractivity contribution in [3.63, 3.8) is 0 Å². The minimum atomic E-state index is -3.97. The van der Waals surface area contributed by atoms with E-state index >= 15 is 0 Å². The summed E-state index contributed by atoms with van der Waals surface area (Å²) in [5.74, 6) is -1.35. The van der Waals surface area contributed by atoms with Gasteiger partial charge in [-0.15, -0.1) is 0 Å². The predicted molar refractivity (Wildman–Crippen MR) is 112 cm³/mol. The van der Waals surface area contributed by atoms with Gasteiger partial charge >= 0.3 is 0 Å². The van der Waals surface area contributed by atoms with Crippen LogP contribution in [0.15, 0.2) is 47.4 Å². The molecule has 2 aliphatic rings. The van der Waals surface area contributed by atoms with Crippen molar-refractivity contribution in [3.05, 3.63) is 53.8 Å². The Labute approximate surface area is 175 Å². The van der Waals surface area contributed by atoms with Crippen molar-refractivity contribution in [1.29, 1.82) is 0 Å². The van der Waals surface area contributed by atoms with Crippen LogP contribution in [0.3, 0.4) is 0 Å². The van der Waals surface area contributed by atoms with Crippen LogP contribution in [0.25, 0.3) is 0 Å². The molecule has 0 unspecified atom stereocenters. The summed E-state index contributed by atoms with van der Waals surface area (Å²) in [7, 11) is -3.97. The van der Waals surface area contributed by atoms with Crippen molar-refractivity contribution in [1.82, 2.24) is 4.31 Å². The first kappa shape index (κ1) is 20.8. The van der Waals surface area contributed by atoms with Crippen molar-refractivity contribution < 1.29 is 22.3 Å². The number of benzene rings is 2. The van der Waals surface area contributed by atoms with E-state index < -0.39 is 26.6 Å². The average Bonchev–Trinajstić information content (AvgIpc) is 3.31. The maximum atomic E-state index is 14.4. The molecule has 1 amide bonds. The smallest absolute Gasteiger partial charge is 0.255 e. The number of halogens is 1. The predicted octanol–water partition coefficient (Wildman–Crippen LogP) is 2.70. The third kappa shape index (κ3) is 4.19. The minimum Gasteiger partial charge on any atom is -0.378 e. The van der Waals surface area contributed by atoms with Crippen molar-refractivity contribution in [2.75, 3.05) is 49.6 Å². The summed E-state index contributed by atoms with van der Waals surface area (Å²) in [6.45, 7) is 3.37. The lowest BCUT2D eigenvalue weighted by Gasteiger charge is -2.30. The largest absolute Gasteiger partial charge is 0.378 e. The Morgan fingerprint density at radius 3 is 2.43 bits per heavy atom. The standard InChI is InChI=1S/C21H24FN3O4S/c22-17-8-7-16(15-20(17)30(27,28)25-9-3-4-10-25)21(26)23-18-5-1-2-6-19(18)24-11-13-29-14-12-24/h1-2,5-8,15H,3-4,9-14H2,(H,23,26). The maximum absolute atomic E-state index is 14.4. The molecular formula is C21H24FN3O4S. The van der Waals surface area contributed by atoms with Crippen molar-refractivity contribution in [2.24, 2.45) is 0 Å². The number of hydrogen-bond acceptors (Lipinski definition) is 5. The zero-order valence-electron chi connectivity index (χ0n) is 16.5. The highest BCUT2D eigenvalue weighted by molar-refractivity contribution is 7.89. The summed E-state index contributed by atoms with van der Waals surface area (Å²) in [6.07, 6.45) is 1.50. The van der Waals surface area contributed by atoms with Gasteiger partial charge in [-0.05, 0) is 43.2 Å². The number of amides is 1. The lowest BCUT2D eigenvalue weighted by atomic mass is 10.2. The van der Waals surface area contributed by atoms with Gasteiger partial charge in [-0.1, -0.05) is 12.1 Å². The zero-order chi connectivity index (χ0) is 21.1. The number of carbonyl (C=O) groups is 1. The van der Waals surface area contributed by atoms with Crippen molar-refractivity contribution in [2.45, 2.75) is 17.7 Å². The highest BCUT2D eigenvalue weighted by Crippen LogP contribution is 2.28. The molecule has 0 bridgehead atoms. The quantitative estimate of drug-likeness (QED) is 0.785. The molecule has 30 heavy (non-hydrogen) atoms. The van der Waals surface area contributed by atoms with Gasteiger partial charge < -0.3 is 15.0 Å². The Bertz CT molecular complexity index is 1030. The maximum Gasteiger partial charge on any atom is 0.255 e. The number of nitrogens with zero attached hydrogens (tertiary/aromatic N) is 2. The molecule has 2 heterocycles. The number of rotatable bonds is 5. The van der Waals surface area contributed by atoms with E-state index in [2.05, 4.69) is 10.2 Å². The molecule has 4 rings (SSSR count). The summed E-state index contributed by atoms with van der Waals surface area (Å²) in [5, 5.41) is 2.84. The highest BCUT2D eigenvalue weighted by atomic mass is 32.2. The number of morpholine rings is 1. The summed E-state index contributed by atoms with van der Waals surface area (Å²) in [6, 6.07) is 10.8. The van der Waals surface area contributed by atoms with Gasteiger partial charge in [0.05, 0.1) is 24.6 Å². The van der Waals surface area contributed by atoms with Gasteiger partial charge in [0.15, 0.2) is 0 Å². The molecule has 2 aromatic carbocycles. The van der Waals surface area contributed by atoms with Crippen LogP contribution in [0.2, 0.25) is 0 Å². The number of anilines is 2. The molecule has 2 fully saturated rings. The number of hydrogen-bond donors (Lipinski definition) is 1. The number of nitrogens with one attached hydrogen (secondary N) is 1. The molecule has 0 aromatic heterocycles. The molecule has 0 atom stereocenters. The molecule has 2 aliphatic heterocycles. The molecule has 0 aliphatic carbocycles. The van der Waals surface area contributed by atoms with Gasteiger partial charge in [-0.3, -0.25) is 4.79 Å². The summed E-state index contributed by atoms with van der Waals surface area (Å²) < 4.78 is 46.6. The molecule has 1 N–H and O–H groups in total. The first-order chi connectivity index (χ1) is 14.5. The fourth-order valence-electron chi connectivity index (χ4n) is 3.76. The summed E-state index contributed by atoms with van der Waals surface area (Å²) in [4.78, 5) is 14.5. The Morgan fingerprint density at radius 2 is 1.70 bits per heavy atom. The highest BCUT2D eigenvalue weighted by Gasteiger charge is 2.30. The fraction of sp³-hybridized carbons (Fsp3) is 0.381. The zero-order valence-corrected chi connectivity index (χ0v) is 17.3. The van der Waals surface area contributed by atoms with Crippen LogP contribution in [0.4, 0.5) is 15.8 Å². The van der Waals surface area contributed by atoms with Crippen LogP contribution in [-0.4, -0.2) is 58.0 Å². The number of carbonyl (C=O) groups excluding carboxylic acids is 1. The Balaban J connectivity index is 1.59. The van der Waals surface area contributed by atoms with E-state index in [-0.39, 0.29) is 5.56 Å². The molecular weight excluding hydrogens is 409 g/mol. The Hall–Kier alpha value is -2.49. The van der Waals surface area contributed by atoms with Crippen LogP contribution in [0.1, 0.15) is 23.2 Å². The topological polar surface area (TPSA) is 79.0 Å². The van der Waals surface area contributed by atoms with Gasteiger partial charge in [0.2, 0.25) is 10.0 Å². The average molecular weight is 434 g/mol. The molecule has 160 valence electrons. The third-order valence-electron chi connectivity index (χ3n) is 5.38. The van der Waals surface area contributed by atoms with E-state index in [0.717, 1.165) is 30.7 Å². The van der Waals surface area contributed by atoms with E-state index in [1.807, 2.05) is 18.2 Å². The molecule has 0 spiro atoms. The fourth-order valence-corrected chi connectivity index (χ4v) is 5.37. The molecule has 0 radical (unpaired) electrons. The van der Waals surface area contributed by atoms with Crippen LogP contribution in [-0.2, 0) is 14.8 Å². The summed E-state index contributed by atoms with van der Waals surface area (Å²) >= 11 is 0. The molecule has 2 aromatic rings. The lowest BCUT2D eigenvalue weighted by molar-refractivity contribution is 0.102. The number of para-hydroxylation sites is 2. The number of sulfonamides is 1. The monoisotopic (exact) mass is 433 g/mol. The summed E-state index contributed by atoms with van der Waals surface area (Å²) in [5.41, 5.74) is 1.56. The Kier molecular flexibility index (Phi) is 6.03. The van der Waals surface area contributed by atoms with Crippen LogP contribution < -0.4 is 10.2 Å². The molecule has 7 nitrogen and oxygen atoms in total. The van der Waals surface area contributed by atoms with E-state index in [1.165, 1.54) is 10.4 Å². The van der Waals surface area contributed by atoms with Gasteiger partial charge in [-0.2, -0.15) is 4.31 Å². The SMILES string of the molecule is O=C(Nc1ccccc1N1CCOCC1)c1ccc(F)c(S(=O)(=O)N2CCCC2)c1. The molecule has 2 saturated heterocycles. The van der Waals surface area contributed by atoms with Gasteiger partial charge in [-0.25, -0.2) is 12.8 Å². The second-order valence-corrected chi connectivity index (χ2v) is 9.23. The van der Waals surface area contributed by atoms with E-state index in [0.29, 0.717) is 45.1 Å². The first-order valence-corrected chi connectivity index (χ1v) is 11.4. The lowest BCUT2D eigenvalue weighted by Crippen LogP contribution is -2.36. The van der Waals surface area contributed by atoms with E-state index in [1.54, 1.807) is 6.07 Å². The van der Waals surface area contributed by atoms with Gasteiger partial charge in [0.1, 0.15) is 10.7 Å². The Morgan fingerprint density at radius 1 is 1.00 bits per heavy atom. The van der Waals surface area contributed by atoms with Gasteiger partial charge in [0.25, 0.3) is 5.91 Å². The second kappa shape index (κ2) is 8.71. The normalized spacial score (nSPS) is 17.8. The first-order valence-electron chi connectivity index (χ1n) is 9.99. The molecule has 0 saturated carbocycles.